The minimum atomic E-state index is -0.0836. The van der Waals surface area contributed by atoms with Crippen LogP contribution in [0.2, 0.25) is 0 Å². The van der Waals surface area contributed by atoms with Gasteiger partial charge in [0, 0.05) is 32.6 Å². The highest BCUT2D eigenvalue weighted by Gasteiger charge is 2.12. The van der Waals surface area contributed by atoms with Gasteiger partial charge in [0.15, 0.2) is 0 Å². The molecule has 0 saturated carbocycles. The van der Waals surface area contributed by atoms with Gasteiger partial charge in [-0.05, 0) is 18.6 Å². The van der Waals surface area contributed by atoms with Gasteiger partial charge in [-0.1, -0.05) is 19.1 Å². The summed E-state index contributed by atoms with van der Waals surface area (Å²) in [6.45, 7) is 3.99. The second-order valence-electron chi connectivity index (χ2n) is 4.96. The fourth-order valence-electron chi connectivity index (χ4n) is 2.44. The van der Waals surface area contributed by atoms with Crippen LogP contribution in [0, 0.1) is 0 Å². The number of nitrogens with two attached hydrogens (primary N) is 1. The van der Waals surface area contributed by atoms with Crippen LogP contribution in [0.5, 0.6) is 0 Å². The number of hydrogen-bond donors (Lipinski definition) is 2. The van der Waals surface area contributed by atoms with Gasteiger partial charge in [0.1, 0.15) is 0 Å². The van der Waals surface area contributed by atoms with E-state index in [9.17, 15) is 9.59 Å². The van der Waals surface area contributed by atoms with Crippen LogP contribution in [0.15, 0.2) is 29.1 Å². The largest absolute Gasteiger partial charge is 0.355 e. The van der Waals surface area contributed by atoms with Crippen molar-refractivity contribution in [2.75, 3.05) is 13.1 Å². The number of nitrogens with one attached hydrogen (secondary N) is 1. The standard InChI is InChI=1S/C15H22N4O2/c1-2-10-18-12-5-3-4-6-13(12)19(15(18)21)11-7-14(20)17-9-8-16/h3-6H,2,7-11,16H2,1H3,(H,17,20). The number of fused-ring (bicyclic) bond motifs is 1. The highest BCUT2D eigenvalue weighted by atomic mass is 16.2. The molecule has 1 amide bonds. The summed E-state index contributed by atoms with van der Waals surface area (Å²) in [5.74, 6) is -0.0836. The Kier molecular flexibility index (Phi) is 5.16. The number of hydrogen-bond acceptors (Lipinski definition) is 3. The molecule has 0 spiro atoms. The second kappa shape index (κ2) is 7.08. The van der Waals surface area contributed by atoms with Crippen molar-refractivity contribution in [3.8, 4) is 0 Å². The van der Waals surface area contributed by atoms with Crippen LogP contribution in [0.1, 0.15) is 19.8 Å². The van der Waals surface area contributed by atoms with Crippen molar-refractivity contribution in [1.29, 1.82) is 0 Å². The molecule has 21 heavy (non-hydrogen) atoms. The monoisotopic (exact) mass is 290 g/mol. The summed E-state index contributed by atoms with van der Waals surface area (Å²) < 4.78 is 3.44. The maximum absolute atomic E-state index is 12.5. The van der Waals surface area contributed by atoms with Gasteiger partial charge in [0.05, 0.1) is 11.0 Å². The smallest absolute Gasteiger partial charge is 0.329 e. The summed E-state index contributed by atoms with van der Waals surface area (Å²) in [5.41, 5.74) is 7.10. The van der Waals surface area contributed by atoms with Gasteiger partial charge in [0.2, 0.25) is 5.91 Å². The van der Waals surface area contributed by atoms with Gasteiger partial charge in [-0.2, -0.15) is 0 Å². The quantitative estimate of drug-likeness (QED) is 0.786. The predicted molar refractivity (Wildman–Crippen MR) is 83.2 cm³/mol. The third kappa shape index (κ3) is 3.33. The van der Waals surface area contributed by atoms with Gasteiger partial charge in [-0.3, -0.25) is 13.9 Å². The number of rotatable bonds is 7. The summed E-state index contributed by atoms with van der Waals surface area (Å²) >= 11 is 0. The SMILES string of the molecule is CCCn1c(=O)n(CCC(=O)NCCN)c2ccccc21. The van der Waals surface area contributed by atoms with Gasteiger partial charge in [-0.15, -0.1) is 0 Å². The van der Waals surface area contributed by atoms with E-state index >= 15 is 0 Å². The number of imidazole rings is 1. The molecule has 2 aromatic rings. The lowest BCUT2D eigenvalue weighted by Crippen LogP contribution is -2.31. The summed E-state index contributed by atoms with van der Waals surface area (Å²) in [4.78, 5) is 24.1. The first-order chi connectivity index (χ1) is 10.2. The van der Waals surface area contributed by atoms with E-state index in [1.165, 1.54) is 0 Å². The number of para-hydroxylation sites is 2. The highest BCUT2D eigenvalue weighted by Crippen LogP contribution is 2.13. The Labute approximate surface area is 123 Å². The molecule has 1 heterocycles. The van der Waals surface area contributed by atoms with Crippen molar-refractivity contribution in [1.82, 2.24) is 14.5 Å². The van der Waals surface area contributed by atoms with E-state index in [0.29, 0.717) is 26.2 Å². The average Bonchev–Trinajstić information content (AvgIpc) is 2.76. The molecule has 6 nitrogen and oxygen atoms in total. The molecule has 1 aromatic carbocycles. The lowest BCUT2D eigenvalue weighted by Gasteiger charge is -2.04. The van der Waals surface area contributed by atoms with E-state index in [0.717, 1.165) is 17.5 Å². The summed E-state index contributed by atoms with van der Waals surface area (Å²) in [6.07, 6.45) is 1.17. The third-order valence-corrected chi connectivity index (χ3v) is 3.40. The van der Waals surface area contributed by atoms with Crippen LogP contribution in [-0.2, 0) is 17.9 Å². The van der Waals surface area contributed by atoms with Crippen LogP contribution in [-0.4, -0.2) is 28.1 Å². The number of aryl methyl sites for hydroxylation is 2. The van der Waals surface area contributed by atoms with Crippen molar-refractivity contribution >= 4 is 16.9 Å². The first-order valence-electron chi connectivity index (χ1n) is 7.33. The molecule has 114 valence electrons. The second-order valence-corrected chi connectivity index (χ2v) is 4.96. The average molecular weight is 290 g/mol. The molecule has 0 aliphatic rings. The molecule has 6 heteroatoms. The van der Waals surface area contributed by atoms with Crippen LogP contribution in [0.25, 0.3) is 11.0 Å². The molecular weight excluding hydrogens is 268 g/mol. The number of carbonyl (C=O) groups is 1. The zero-order valence-electron chi connectivity index (χ0n) is 12.3. The molecule has 1 aromatic heterocycles. The normalized spacial score (nSPS) is 11.0. The van der Waals surface area contributed by atoms with Crippen LogP contribution in [0.4, 0.5) is 0 Å². The van der Waals surface area contributed by atoms with Gasteiger partial charge >= 0.3 is 5.69 Å². The van der Waals surface area contributed by atoms with Crippen molar-refractivity contribution in [3.63, 3.8) is 0 Å². The van der Waals surface area contributed by atoms with Crippen molar-refractivity contribution in [3.05, 3.63) is 34.7 Å². The summed E-state index contributed by atoms with van der Waals surface area (Å²) in [5, 5.41) is 2.72. The Bertz CT molecular complexity index is 672. The Morgan fingerprint density at radius 3 is 2.38 bits per heavy atom. The fourth-order valence-corrected chi connectivity index (χ4v) is 2.44. The van der Waals surface area contributed by atoms with Gasteiger partial charge in [-0.25, -0.2) is 4.79 Å². The maximum Gasteiger partial charge on any atom is 0.329 e. The third-order valence-electron chi connectivity index (χ3n) is 3.40. The topological polar surface area (TPSA) is 82.0 Å². The number of aromatic nitrogens is 2. The molecule has 0 aliphatic heterocycles. The van der Waals surface area contributed by atoms with Crippen LogP contribution >= 0.6 is 0 Å². The van der Waals surface area contributed by atoms with Crippen molar-refractivity contribution in [2.24, 2.45) is 5.73 Å². The summed E-state index contributed by atoms with van der Waals surface area (Å²) in [6, 6.07) is 7.69. The molecule has 0 fully saturated rings. The number of amides is 1. The number of nitrogens with zero attached hydrogens (tertiary/aromatic N) is 2. The molecule has 0 radical (unpaired) electrons. The van der Waals surface area contributed by atoms with E-state index in [-0.39, 0.29) is 18.0 Å². The molecule has 0 bridgehead atoms. The zero-order chi connectivity index (χ0) is 15.2. The molecule has 0 atom stereocenters. The van der Waals surface area contributed by atoms with E-state index in [4.69, 9.17) is 5.73 Å². The molecule has 0 aliphatic carbocycles. The van der Waals surface area contributed by atoms with Crippen LogP contribution < -0.4 is 16.7 Å². The minimum Gasteiger partial charge on any atom is -0.355 e. The Morgan fingerprint density at radius 2 is 1.81 bits per heavy atom. The minimum absolute atomic E-state index is 0.0512. The summed E-state index contributed by atoms with van der Waals surface area (Å²) in [7, 11) is 0. The van der Waals surface area contributed by atoms with E-state index in [1.54, 1.807) is 9.13 Å². The Hall–Kier alpha value is -2.08. The van der Waals surface area contributed by atoms with E-state index in [2.05, 4.69) is 5.32 Å². The first-order valence-corrected chi connectivity index (χ1v) is 7.33. The van der Waals surface area contributed by atoms with E-state index < -0.39 is 0 Å². The van der Waals surface area contributed by atoms with Gasteiger partial charge in [0.25, 0.3) is 0 Å². The Morgan fingerprint density at radius 1 is 1.19 bits per heavy atom. The molecule has 3 N–H and O–H groups in total. The zero-order valence-corrected chi connectivity index (χ0v) is 12.3. The fraction of sp³-hybridized carbons (Fsp3) is 0.467. The molecule has 0 saturated heterocycles. The Balaban J connectivity index is 2.25. The highest BCUT2D eigenvalue weighted by molar-refractivity contribution is 5.77. The first kappa shape index (κ1) is 15.3. The lowest BCUT2D eigenvalue weighted by molar-refractivity contribution is -0.121. The lowest BCUT2D eigenvalue weighted by atomic mass is 10.3. The number of carbonyl (C=O) groups excluding carboxylic acids is 1. The van der Waals surface area contributed by atoms with E-state index in [1.807, 2.05) is 31.2 Å². The van der Waals surface area contributed by atoms with Crippen LogP contribution in [0.3, 0.4) is 0 Å². The van der Waals surface area contributed by atoms with Crippen molar-refractivity contribution in [2.45, 2.75) is 32.9 Å². The molecule has 0 unspecified atom stereocenters. The van der Waals surface area contributed by atoms with Gasteiger partial charge < -0.3 is 11.1 Å². The maximum atomic E-state index is 12.5. The molecule has 2 rings (SSSR count). The van der Waals surface area contributed by atoms with Crippen molar-refractivity contribution < 1.29 is 4.79 Å². The number of benzene rings is 1. The predicted octanol–water partition coefficient (Wildman–Crippen LogP) is 0.678. The molecular formula is C15H22N4O2.